The number of hydrogen-bond donors (Lipinski definition) is 1. The fourth-order valence-corrected chi connectivity index (χ4v) is 1.01. The molecule has 0 unspecified atom stereocenters. The molecule has 2 N–H and O–H groups in total. The molecule has 2 rings (SSSR count). The second-order valence-electron chi connectivity index (χ2n) is 2.72. The molecule has 0 atom stereocenters. The lowest BCUT2D eigenvalue weighted by molar-refractivity contribution is 0.973. The third-order valence-electron chi connectivity index (χ3n) is 1.63. The second-order valence-corrected chi connectivity index (χ2v) is 2.72. The number of hydrogen-bond acceptors (Lipinski definition) is 4. The van der Waals surface area contributed by atoms with E-state index >= 15 is 0 Å². The SMILES string of the molecule is Cc1cn(-c2cnc(N)cn2)cn1. The monoisotopic (exact) mass is 175 g/mol. The Morgan fingerprint density at radius 3 is 2.62 bits per heavy atom. The zero-order valence-electron chi connectivity index (χ0n) is 7.18. The van der Waals surface area contributed by atoms with Crippen LogP contribution in [0.5, 0.6) is 0 Å². The number of nitrogens with two attached hydrogens (primary N) is 1. The number of imidazole rings is 1. The van der Waals surface area contributed by atoms with Crippen LogP contribution in [-0.4, -0.2) is 19.5 Å². The molecule has 0 aliphatic heterocycles. The van der Waals surface area contributed by atoms with Crippen LogP contribution in [0, 0.1) is 6.92 Å². The highest BCUT2D eigenvalue weighted by atomic mass is 15.1. The standard InChI is InChI=1S/C8H9N5/c1-6-4-13(5-12-6)8-3-10-7(9)2-11-8/h2-5H,1H3,(H2,9,10). The lowest BCUT2D eigenvalue weighted by atomic mass is 10.5. The summed E-state index contributed by atoms with van der Waals surface area (Å²) in [6.45, 7) is 1.92. The summed E-state index contributed by atoms with van der Waals surface area (Å²) in [5.74, 6) is 1.13. The van der Waals surface area contributed by atoms with Gasteiger partial charge in [0, 0.05) is 6.20 Å². The zero-order chi connectivity index (χ0) is 9.26. The molecule has 5 nitrogen and oxygen atoms in total. The highest BCUT2D eigenvalue weighted by molar-refractivity contribution is 5.28. The molecular weight excluding hydrogens is 166 g/mol. The molecule has 2 heterocycles. The molecule has 0 radical (unpaired) electrons. The molecule has 0 amide bonds. The van der Waals surface area contributed by atoms with Gasteiger partial charge in [0.2, 0.25) is 0 Å². The van der Waals surface area contributed by atoms with Gasteiger partial charge in [-0.05, 0) is 6.92 Å². The lowest BCUT2D eigenvalue weighted by Gasteiger charge is -1.98. The number of aryl methyl sites for hydroxylation is 1. The summed E-state index contributed by atoms with van der Waals surface area (Å²) >= 11 is 0. The summed E-state index contributed by atoms with van der Waals surface area (Å²) in [6, 6.07) is 0. The highest BCUT2D eigenvalue weighted by Gasteiger charge is 1.98. The van der Waals surface area contributed by atoms with Gasteiger partial charge in [0.25, 0.3) is 0 Å². The van der Waals surface area contributed by atoms with Crippen molar-refractivity contribution in [2.45, 2.75) is 6.92 Å². The molecule has 2 aromatic rings. The fourth-order valence-electron chi connectivity index (χ4n) is 1.01. The third kappa shape index (κ3) is 1.48. The minimum atomic E-state index is 0.417. The molecule has 5 heteroatoms. The summed E-state index contributed by atoms with van der Waals surface area (Å²) in [4.78, 5) is 12.1. The summed E-state index contributed by atoms with van der Waals surface area (Å²) in [7, 11) is 0. The van der Waals surface area contributed by atoms with Crippen LogP contribution in [0.4, 0.5) is 5.82 Å². The minimum absolute atomic E-state index is 0.417. The Balaban J connectivity index is 2.41. The smallest absolute Gasteiger partial charge is 0.156 e. The Morgan fingerprint density at radius 2 is 2.08 bits per heavy atom. The van der Waals surface area contributed by atoms with Crippen LogP contribution in [0.2, 0.25) is 0 Å². The topological polar surface area (TPSA) is 69.6 Å². The molecule has 0 aliphatic carbocycles. The quantitative estimate of drug-likeness (QED) is 0.687. The van der Waals surface area contributed by atoms with Crippen LogP contribution in [0.1, 0.15) is 5.69 Å². The molecule has 0 aromatic carbocycles. The molecule has 0 fully saturated rings. The maximum Gasteiger partial charge on any atom is 0.156 e. The van der Waals surface area contributed by atoms with Crippen LogP contribution in [0.15, 0.2) is 24.9 Å². The van der Waals surface area contributed by atoms with E-state index in [0.29, 0.717) is 5.82 Å². The highest BCUT2D eigenvalue weighted by Crippen LogP contribution is 2.04. The fraction of sp³-hybridized carbons (Fsp3) is 0.125. The zero-order valence-corrected chi connectivity index (χ0v) is 7.18. The molecule has 0 saturated heterocycles. The predicted molar refractivity (Wildman–Crippen MR) is 48.3 cm³/mol. The van der Waals surface area contributed by atoms with Crippen LogP contribution >= 0.6 is 0 Å². The van der Waals surface area contributed by atoms with Gasteiger partial charge in [0.15, 0.2) is 5.82 Å². The minimum Gasteiger partial charge on any atom is -0.382 e. The van der Waals surface area contributed by atoms with Crippen molar-refractivity contribution >= 4 is 5.82 Å². The van der Waals surface area contributed by atoms with E-state index in [9.17, 15) is 0 Å². The third-order valence-corrected chi connectivity index (χ3v) is 1.63. The number of nitrogens with zero attached hydrogens (tertiary/aromatic N) is 4. The average molecular weight is 175 g/mol. The average Bonchev–Trinajstić information content (AvgIpc) is 2.53. The normalized spacial score (nSPS) is 10.2. The van der Waals surface area contributed by atoms with Crippen molar-refractivity contribution in [3.05, 3.63) is 30.6 Å². The molecule has 0 bridgehead atoms. The van der Waals surface area contributed by atoms with E-state index in [1.54, 1.807) is 17.1 Å². The van der Waals surface area contributed by atoms with Gasteiger partial charge in [-0.2, -0.15) is 0 Å². The first-order valence-electron chi connectivity index (χ1n) is 3.84. The van der Waals surface area contributed by atoms with E-state index in [0.717, 1.165) is 11.5 Å². The van der Waals surface area contributed by atoms with Gasteiger partial charge in [-0.3, -0.25) is 4.57 Å². The summed E-state index contributed by atoms with van der Waals surface area (Å²) in [6.07, 6.45) is 6.69. The van der Waals surface area contributed by atoms with Gasteiger partial charge in [-0.1, -0.05) is 0 Å². The first kappa shape index (κ1) is 7.72. The summed E-state index contributed by atoms with van der Waals surface area (Å²) in [5, 5.41) is 0. The van der Waals surface area contributed by atoms with Crippen molar-refractivity contribution in [3.8, 4) is 5.82 Å². The van der Waals surface area contributed by atoms with Crippen molar-refractivity contribution in [1.82, 2.24) is 19.5 Å². The Hall–Kier alpha value is -1.91. The second kappa shape index (κ2) is 2.85. The molecular formula is C8H9N5. The van der Waals surface area contributed by atoms with Gasteiger partial charge >= 0.3 is 0 Å². The van der Waals surface area contributed by atoms with E-state index in [-0.39, 0.29) is 0 Å². The van der Waals surface area contributed by atoms with Crippen molar-refractivity contribution < 1.29 is 0 Å². The van der Waals surface area contributed by atoms with E-state index in [2.05, 4.69) is 15.0 Å². The molecule has 0 spiro atoms. The maximum absolute atomic E-state index is 5.41. The van der Waals surface area contributed by atoms with E-state index in [1.807, 2.05) is 13.1 Å². The lowest BCUT2D eigenvalue weighted by Crippen LogP contribution is -1.97. The first-order chi connectivity index (χ1) is 6.25. The summed E-state index contributed by atoms with van der Waals surface area (Å²) < 4.78 is 1.79. The Bertz CT molecular complexity index is 403. The van der Waals surface area contributed by atoms with Gasteiger partial charge < -0.3 is 5.73 Å². The largest absolute Gasteiger partial charge is 0.382 e. The van der Waals surface area contributed by atoms with Crippen molar-refractivity contribution in [2.75, 3.05) is 5.73 Å². The number of aromatic nitrogens is 4. The molecule has 13 heavy (non-hydrogen) atoms. The van der Waals surface area contributed by atoms with Crippen LogP contribution < -0.4 is 5.73 Å². The molecule has 66 valence electrons. The van der Waals surface area contributed by atoms with Crippen LogP contribution in [0.3, 0.4) is 0 Å². The van der Waals surface area contributed by atoms with Crippen molar-refractivity contribution in [3.63, 3.8) is 0 Å². The van der Waals surface area contributed by atoms with Gasteiger partial charge in [-0.25, -0.2) is 15.0 Å². The number of nitrogen functional groups attached to an aromatic ring is 1. The van der Waals surface area contributed by atoms with Crippen LogP contribution in [0.25, 0.3) is 5.82 Å². The van der Waals surface area contributed by atoms with E-state index < -0.39 is 0 Å². The molecule has 0 saturated carbocycles. The molecule has 2 aromatic heterocycles. The van der Waals surface area contributed by atoms with Crippen molar-refractivity contribution in [2.24, 2.45) is 0 Å². The Labute approximate surface area is 75.3 Å². The van der Waals surface area contributed by atoms with Crippen molar-refractivity contribution in [1.29, 1.82) is 0 Å². The Kier molecular flexibility index (Phi) is 1.70. The van der Waals surface area contributed by atoms with Gasteiger partial charge in [0.05, 0.1) is 18.1 Å². The van der Waals surface area contributed by atoms with Crippen LogP contribution in [-0.2, 0) is 0 Å². The number of anilines is 1. The van der Waals surface area contributed by atoms with Gasteiger partial charge in [-0.15, -0.1) is 0 Å². The van der Waals surface area contributed by atoms with E-state index in [1.165, 1.54) is 6.20 Å². The maximum atomic E-state index is 5.41. The number of rotatable bonds is 1. The summed E-state index contributed by atoms with van der Waals surface area (Å²) in [5.41, 5.74) is 6.35. The first-order valence-corrected chi connectivity index (χ1v) is 3.84. The Morgan fingerprint density at radius 1 is 1.23 bits per heavy atom. The van der Waals surface area contributed by atoms with Gasteiger partial charge in [0.1, 0.15) is 12.1 Å². The van der Waals surface area contributed by atoms with E-state index in [4.69, 9.17) is 5.73 Å². The predicted octanol–water partition coefficient (Wildman–Crippen LogP) is 0.553. The molecule has 0 aliphatic rings.